The van der Waals surface area contributed by atoms with Crippen molar-refractivity contribution in [2.45, 2.75) is 13.0 Å². The van der Waals surface area contributed by atoms with Crippen LogP contribution >= 0.6 is 11.3 Å². The van der Waals surface area contributed by atoms with E-state index in [9.17, 15) is 22.8 Å². The van der Waals surface area contributed by atoms with Crippen LogP contribution in [0.1, 0.15) is 25.6 Å². The van der Waals surface area contributed by atoms with Gasteiger partial charge in [-0.15, -0.1) is 24.5 Å². The Bertz CT molecular complexity index is 981. The molecule has 0 bridgehead atoms. The summed E-state index contributed by atoms with van der Waals surface area (Å²) >= 11 is 1.11. The maximum Gasteiger partial charge on any atom is 0.573 e. The van der Waals surface area contributed by atoms with E-state index in [-0.39, 0.29) is 12.2 Å². The Kier molecular flexibility index (Phi) is 5.79. The van der Waals surface area contributed by atoms with Crippen LogP contribution in [0.2, 0.25) is 0 Å². The Hall–Kier alpha value is -3.13. The number of carbonyl (C=O) groups excluding carboxylic acids is 2. The van der Waals surface area contributed by atoms with Gasteiger partial charge in [-0.3, -0.25) is 4.79 Å². The summed E-state index contributed by atoms with van der Waals surface area (Å²) in [6, 6.07) is 15.7. The normalized spacial score (nSPS) is 11.1. The monoisotopic (exact) mass is 406 g/mol. The van der Waals surface area contributed by atoms with E-state index in [0.29, 0.717) is 27.2 Å². The molecule has 0 fully saturated rings. The minimum absolute atomic E-state index is 0.0828. The Balaban J connectivity index is 1.88. The van der Waals surface area contributed by atoms with E-state index in [0.717, 1.165) is 17.4 Å². The smallest absolute Gasteiger partial charge is 0.457 e. The van der Waals surface area contributed by atoms with Crippen LogP contribution in [0, 0.1) is 0 Å². The van der Waals surface area contributed by atoms with Crippen molar-refractivity contribution in [3.05, 3.63) is 76.7 Å². The fourth-order valence-corrected chi connectivity index (χ4v) is 3.24. The van der Waals surface area contributed by atoms with E-state index in [2.05, 4.69) is 4.74 Å². The summed E-state index contributed by atoms with van der Waals surface area (Å²) in [6.07, 6.45) is -4.33. The lowest BCUT2D eigenvalue weighted by atomic mass is 10.1. The van der Waals surface area contributed by atoms with E-state index in [1.165, 1.54) is 12.1 Å². The number of hydrogen-bond acceptors (Lipinski definition) is 5. The molecule has 3 rings (SSSR count). The lowest BCUT2D eigenvalue weighted by Gasteiger charge is -2.14. The van der Waals surface area contributed by atoms with Crippen LogP contribution in [0.4, 0.5) is 13.2 Å². The number of ether oxygens (including phenoxy) is 2. The molecule has 4 nitrogen and oxygen atoms in total. The molecule has 0 aliphatic carbocycles. The van der Waals surface area contributed by atoms with Gasteiger partial charge >= 0.3 is 12.3 Å². The maximum absolute atomic E-state index is 12.8. The van der Waals surface area contributed by atoms with E-state index >= 15 is 0 Å². The highest BCUT2D eigenvalue weighted by molar-refractivity contribution is 7.17. The second-order valence-corrected chi connectivity index (χ2v) is 6.76. The number of rotatable bonds is 6. The summed E-state index contributed by atoms with van der Waals surface area (Å²) in [6.45, 7) is -0.0828. The highest BCUT2D eigenvalue weighted by Crippen LogP contribution is 2.34. The van der Waals surface area contributed by atoms with E-state index in [1.807, 2.05) is 0 Å². The quantitative estimate of drug-likeness (QED) is 0.402. The summed E-state index contributed by atoms with van der Waals surface area (Å²) < 4.78 is 47.6. The zero-order valence-corrected chi connectivity index (χ0v) is 15.0. The molecule has 0 spiro atoms. The van der Waals surface area contributed by atoms with Crippen LogP contribution in [0.25, 0.3) is 10.4 Å². The molecule has 8 heteroatoms. The van der Waals surface area contributed by atoms with Gasteiger partial charge in [0, 0.05) is 4.88 Å². The van der Waals surface area contributed by atoms with Crippen molar-refractivity contribution >= 4 is 23.6 Å². The zero-order chi connectivity index (χ0) is 20.1. The second-order valence-electron chi connectivity index (χ2n) is 5.64. The highest BCUT2D eigenvalue weighted by Gasteiger charge is 2.33. The molecule has 2 aromatic carbocycles. The van der Waals surface area contributed by atoms with Gasteiger partial charge in [-0.25, -0.2) is 4.79 Å². The molecule has 1 heterocycles. The molecule has 0 aliphatic rings. The summed E-state index contributed by atoms with van der Waals surface area (Å²) in [5.41, 5.74) is 0.742. The fraction of sp³-hybridized carbons (Fsp3) is 0.100. The van der Waals surface area contributed by atoms with E-state index < -0.39 is 18.1 Å². The molecule has 0 unspecified atom stereocenters. The largest absolute Gasteiger partial charge is 0.573 e. The number of halogens is 3. The third-order valence-electron chi connectivity index (χ3n) is 3.67. The second kappa shape index (κ2) is 8.26. The first-order valence-corrected chi connectivity index (χ1v) is 8.83. The van der Waals surface area contributed by atoms with Gasteiger partial charge in [0.25, 0.3) is 0 Å². The third-order valence-corrected chi connectivity index (χ3v) is 4.73. The summed E-state index contributed by atoms with van der Waals surface area (Å²) in [7, 11) is 0. The predicted molar refractivity (Wildman–Crippen MR) is 97.4 cm³/mol. The summed E-state index contributed by atoms with van der Waals surface area (Å²) in [4.78, 5) is 24.1. The third kappa shape index (κ3) is 4.98. The lowest BCUT2D eigenvalue weighted by Crippen LogP contribution is -2.19. The lowest BCUT2D eigenvalue weighted by molar-refractivity contribution is -0.274. The average molecular weight is 406 g/mol. The Morgan fingerprint density at radius 3 is 2.43 bits per heavy atom. The predicted octanol–water partition coefficient (Wildman–Crippen LogP) is 5.48. The number of thiophene rings is 1. The van der Waals surface area contributed by atoms with Crippen LogP contribution in [-0.2, 0) is 11.3 Å². The Morgan fingerprint density at radius 2 is 1.79 bits per heavy atom. The average Bonchev–Trinajstić information content (AvgIpc) is 3.15. The van der Waals surface area contributed by atoms with Crippen LogP contribution in [0.3, 0.4) is 0 Å². The topological polar surface area (TPSA) is 52.6 Å². The number of esters is 1. The standard InChI is InChI=1S/C20H13F3O4S/c21-20(22,23)27-17-10-14(18-9-7-15(11-24)28-18)6-8-16(17)19(25)26-12-13-4-2-1-3-5-13/h1-11H,12H2. The first-order chi connectivity index (χ1) is 13.4. The molecular formula is C20H13F3O4S. The number of carbonyl (C=O) groups is 2. The molecule has 0 radical (unpaired) electrons. The van der Waals surface area contributed by atoms with Gasteiger partial charge in [0.1, 0.15) is 17.9 Å². The Morgan fingerprint density at radius 1 is 1.04 bits per heavy atom. The first-order valence-electron chi connectivity index (χ1n) is 8.02. The minimum atomic E-state index is -4.98. The van der Waals surface area contributed by atoms with Gasteiger partial charge in [-0.1, -0.05) is 36.4 Å². The minimum Gasteiger partial charge on any atom is -0.457 e. The van der Waals surface area contributed by atoms with Gasteiger partial charge in [0.15, 0.2) is 6.29 Å². The maximum atomic E-state index is 12.8. The van der Waals surface area contributed by atoms with E-state index in [4.69, 9.17) is 4.74 Å². The van der Waals surface area contributed by atoms with Crippen molar-refractivity contribution in [1.82, 2.24) is 0 Å². The molecule has 0 atom stereocenters. The summed E-state index contributed by atoms with van der Waals surface area (Å²) in [5, 5.41) is 0. The van der Waals surface area contributed by atoms with Crippen molar-refractivity contribution in [1.29, 1.82) is 0 Å². The molecule has 1 aromatic heterocycles. The number of alkyl halides is 3. The number of aldehydes is 1. The van der Waals surface area contributed by atoms with Crippen LogP contribution in [0.15, 0.2) is 60.7 Å². The molecule has 28 heavy (non-hydrogen) atoms. The van der Waals surface area contributed by atoms with Crippen molar-refractivity contribution < 1.29 is 32.2 Å². The SMILES string of the molecule is O=Cc1ccc(-c2ccc(C(=O)OCc3ccccc3)c(OC(F)(F)F)c2)s1. The molecular weight excluding hydrogens is 393 g/mol. The van der Waals surface area contributed by atoms with Crippen LogP contribution < -0.4 is 4.74 Å². The Labute approximate surface area is 162 Å². The van der Waals surface area contributed by atoms with Crippen molar-refractivity contribution in [2.75, 3.05) is 0 Å². The molecule has 0 aliphatic heterocycles. The molecule has 3 aromatic rings. The molecule has 0 N–H and O–H groups in total. The molecule has 0 amide bonds. The van der Waals surface area contributed by atoms with Crippen molar-refractivity contribution in [2.24, 2.45) is 0 Å². The van der Waals surface area contributed by atoms with Gasteiger partial charge < -0.3 is 9.47 Å². The zero-order valence-electron chi connectivity index (χ0n) is 14.2. The molecule has 0 saturated heterocycles. The van der Waals surface area contributed by atoms with Gasteiger partial charge in [-0.05, 0) is 35.4 Å². The van der Waals surface area contributed by atoms with Gasteiger partial charge in [0.2, 0.25) is 0 Å². The van der Waals surface area contributed by atoms with Crippen LogP contribution in [-0.4, -0.2) is 18.6 Å². The number of benzene rings is 2. The first kappa shape index (κ1) is 19.6. The molecule has 0 saturated carbocycles. The van der Waals surface area contributed by atoms with Gasteiger partial charge in [0.05, 0.1) is 4.88 Å². The molecule has 144 valence electrons. The van der Waals surface area contributed by atoms with Gasteiger partial charge in [-0.2, -0.15) is 0 Å². The van der Waals surface area contributed by atoms with E-state index in [1.54, 1.807) is 42.5 Å². The van der Waals surface area contributed by atoms with Crippen LogP contribution in [0.5, 0.6) is 5.75 Å². The fourth-order valence-electron chi connectivity index (χ4n) is 2.43. The summed E-state index contributed by atoms with van der Waals surface area (Å²) in [5.74, 6) is -1.60. The van der Waals surface area contributed by atoms with Crippen molar-refractivity contribution in [3.8, 4) is 16.2 Å². The van der Waals surface area contributed by atoms with Crippen molar-refractivity contribution in [3.63, 3.8) is 0 Å². The highest BCUT2D eigenvalue weighted by atomic mass is 32.1. The number of hydrogen-bond donors (Lipinski definition) is 0.